The highest BCUT2D eigenvalue weighted by atomic mass is 16.5. The van der Waals surface area contributed by atoms with E-state index in [1.807, 2.05) is 16.7 Å². The summed E-state index contributed by atoms with van der Waals surface area (Å²) < 4.78 is 5.37. The molecule has 0 bridgehead atoms. The Bertz CT molecular complexity index is 340. The Morgan fingerprint density at radius 3 is 2.47 bits per heavy atom. The van der Waals surface area contributed by atoms with E-state index in [4.69, 9.17) is 4.74 Å². The van der Waals surface area contributed by atoms with Gasteiger partial charge >= 0.3 is 0 Å². The summed E-state index contributed by atoms with van der Waals surface area (Å²) in [6, 6.07) is 0.476. The Labute approximate surface area is 114 Å². The maximum absolute atomic E-state index is 12.0. The number of carbonyl (C=O) groups is 2. The zero-order valence-corrected chi connectivity index (χ0v) is 11.9. The monoisotopic (exact) mass is 268 g/mol. The van der Waals surface area contributed by atoms with Gasteiger partial charge in [0.05, 0.1) is 6.04 Å². The van der Waals surface area contributed by atoms with Crippen LogP contribution in [0.2, 0.25) is 0 Å². The van der Waals surface area contributed by atoms with Gasteiger partial charge in [0.15, 0.2) is 0 Å². The van der Waals surface area contributed by atoms with E-state index < -0.39 is 0 Å². The highest BCUT2D eigenvalue weighted by Crippen LogP contribution is 2.23. The third-order valence-corrected chi connectivity index (χ3v) is 4.16. The van der Waals surface area contributed by atoms with Crippen LogP contribution in [0.25, 0.3) is 0 Å². The Morgan fingerprint density at radius 2 is 1.89 bits per heavy atom. The van der Waals surface area contributed by atoms with Crippen LogP contribution < -0.4 is 0 Å². The van der Waals surface area contributed by atoms with Gasteiger partial charge in [-0.05, 0) is 19.3 Å². The molecule has 0 aromatic rings. The average Bonchev–Trinajstić information content (AvgIpc) is 2.88. The molecule has 19 heavy (non-hydrogen) atoms. The molecular weight excluding hydrogens is 244 g/mol. The molecule has 0 saturated carbocycles. The summed E-state index contributed by atoms with van der Waals surface area (Å²) in [4.78, 5) is 27.6. The minimum absolute atomic E-state index is 0.127. The Kier molecular flexibility index (Phi) is 4.80. The Hall–Kier alpha value is -1.10. The van der Waals surface area contributed by atoms with Crippen molar-refractivity contribution >= 4 is 11.8 Å². The lowest BCUT2D eigenvalue weighted by atomic mass is 10.0. The first-order chi connectivity index (χ1) is 9.13. The Balaban J connectivity index is 2.00. The van der Waals surface area contributed by atoms with E-state index in [1.54, 1.807) is 6.92 Å². The highest BCUT2D eigenvalue weighted by molar-refractivity contribution is 5.77. The average molecular weight is 268 g/mol. The number of hydrogen-bond acceptors (Lipinski definition) is 3. The Morgan fingerprint density at radius 1 is 1.21 bits per heavy atom. The van der Waals surface area contributed by atoms with E-state index in [2.05, 4.69) is 0 Å². The minimum atomic E-state index is 0.127. The van der Waals surface area contributed by atoms with Gasteiger partial charge < -0.3 is 14.5 Å². The van der Waals surface area contributed by atoms with Crippen molar-refractivity contribution in [1.29, 1.82) is 0 Å². The molecule has 2 saturated heterocycles. The molecule has 1 atom stereocenters. The van der Waals surface area contributed by atoms with Gasteiger partial charge in [0.1, 0.15) is 0 Å². The predicted molar refractivity (Wildman–Crippen MR) is 71.6 cm³/mol. The van der Waals surface area contributed by atoms with Crippen molar-refractivity contribution in [2.75, 3.05) is 26.3 Å². The smallest absolute Gasteiger partial charge is 0.222 e. The molecule has 2 rings (SSSR count). The van der Waals surface area contributed by atoms with E-state index >= 15 is 0 Å². The zero-order valence-electron chi connectivity index (χ0n) is 11.9. The third-order valence-electron chi connectivity index (χ3n) is 4.16. The van der Waals surface area contributed by atoms with Gasteiger partial charge in [0, 0.05) is 45.7 Å². The zero-order chi connectivity index (χ0) is 13.8. The molecule has 2 fully saturated rings. The standard InChI is InChI=1S/C14H24N2O3/c1-3-14(18)15-7-4-13(10-15)16(11(2)17)12-5-8-19-9-6-12/h12-13H,3-10H2,1-2H3/t13-/m0/s1. The molecule has 2 aliphatic heterocycles. The molecule has 5 nitrogen and oxygen atoms in total. The number of nitrogens with zero attached hydrogens (tertiary/aromatic N) is 2. The molecule has 2 aliphatic rings. The molecule has 2 amide bonds. The molecule has 108 valence electrons. The van der Waals surface area contributed by atoms with E-state index in [0.717, 1.165) is 39.0 Å². The van der Waals surface area contributed by atoms with Crippen LogP contribution in [0.15, 0.2) is 0 Å². The van der Waals surface area contributed by atoms with Crippen molar-refractivity contribution in [3.8, 4) is 0 Å². The van der Waals surface area contributed by atoms with Gasteiger partial charge in [0.25, 0.3) is 0 Å². The SMILES string of the molecule is CCC(=O)N1CC[C@H](N(C(C)=O)C2CCOCC2)C1. The quantitative estimate of drug-likeness (QED) is 0.768. The maximum atomic E-state index is 12.0. The van der Waals surface area contributed by atoms with Crippen molar-refractivity contribution in [3.63, 3.8) is 0 Å². The molecule has 0 radical (unpaired) electrons. The topological polar surface area (TPSA) is 49.9 Å². The first kappa shape index (κ1) is 14.3. The molecule has 0 aromatic carbocycles. The van der Waals surface area contributed by atoms with E-state index in [9.17, 15) is 9.59 Å². The van der Waals surface area contributed by atoms with Gasteiger partial charge in [-0.15, -0.1) is 0 Å². The summed E-state index contributed by atoms with van der Waals surface area (Å²) in [6.45, 7) is 6.47. The fourth-order valence-electron chi connectivity index (χ4n) is 3.19. The van der Waals surface area contributed by atoms with Crippen LogP contribution in [0.4, 0.5) is 0 Å². The number of hydrogen-bond donors (Lipinski definition) is 0. The van der Waals surface area contributed by atoms with Crippen LogP contribution in [0, 0.1) is 0 Å². The van der Waals surface area contributed by atoms with Crippen molar-refractivity contribution in [1.82, 2.24) is 9.80 Å². The fraction of sp³-hybridized carbons (Fsp3) is 0.857. The normalized spacial score (nSPS) is 24.5. The van der Waals surface area contributed by atoms with Gasteiger partial charge in [-0.2, -0.15) is 0 Å². The van der Waals surface area contributed by atoms with E-state index in [-0.39, 0.29) is 23.9 Å². The molecular formula is C14H24N2O3. The molecule has 2 heterocycles. The number of ether oxygens (including phenoxy) is 1. The van der Waals surface area contributed by atoms with Gasteiger partial charge in [-0.3, -0.25) is 9.59 Å². The van der Waals surface area contributed by atoms with Crippen LogP contribution in [0.5, 0.6) is 0 Å². The summed E-state index contributed by atoms with van der Waals surface area (Å²) in [5, 5.41) is 0. The highest BCUT2D eigenvalue weighted by Gasteiger charge is 2.35. The first-order valence-corrected chi connectivity index (χ1v) is 7.28. The van der Waals surface area contributed by atoms with Gasteiger partial charge in [0.2, 0.25) is 11.8 Å². The number of amides is 2. The van der Waals surface area contributed by atoms with Crippen LogP contribution in [-0.2, 0) is 14.3 Å². The third kappa shape index (κ3) is 3.26. The van der Waals surface area contributed by atoms with Crippen molar-refractivity contribution in [2.24, 2.45) is 0 Å². The number of carbonyl (C=O) groups excluding carboxylic acids is 2. The fourth-order valence-corrected chi connectivity index (χ4v) is 3.19. The molecule has 0 unspecified atom stereocenters. The molecule has 0 aromatic heterocycles. The van der Waals surface area contributed by atoms with Gasteiger partial charge in [-0.1, -0.05) is 6.92 Å². The van der Waals surface area contributed by atoms with E-state index in [1.165, 1.54) is 0 Å². The van der Waals surface area contributed by atoms with Crippen LogP contribution in [-0.4, -0.2) is 60.0 Å². The second kappa shape index (κ2) is 6.37. The lowest BCUT2D eigenvalue weighted by Crippen LogP contribution is -2.49. The molecule has 5 heteroatoms. The van der Waals surface area contributed by atoms with Crippen molar-refractivity contribution < 1.29 is 14.3 Å². The first-order valence-electron chi connectivity index (χ1n) is 7.28. The van der Waals surface area contributed by atoms with Crippen molar-refractivity contribution in [3.05, 3.63) is 0 Å². The number of likely N-dealkylation sites (tertiary alicyclic amines) is 1. The summed E-state index contributed by atoms with van der Waals surface area (Å²) in [5.41, 5.74) is 0. The van der Waals surface area contributed by atoms with Gasteiger partial charge in [-0.25, -0.2) is 0 Å². The van der Waals surface area contributed by atoms with Crippen LogP contribution in [0.1, 0.15) is 39.5 Å². The number of rotatable bonds is 3. The summed E-state index contributed by atoms with van der Waals surface area (Å²) in [7, 11) is 0. The van der Waals surface area contributed by atoms with Crippen molar-refractivity contribution in [2.45, 2.75) is 51.6 Å². The van der Waals surface area contributed by atoms with Crippen LogP contribution >= 0.6 is 0 Å². The minimum Gasteiger partial charge on any atom is -0.381 e. The molecule has 0 spiro atoms. The second-order valence-electron chi connectivity index (χ2n) is 5.41. The summed E-state index contributed by atoms with van der Waals surface area (Å²) >= 11 is 0. The maximum Gasteiger partial charge on any atom is 0.222 e. The lowest BCUT2D eigenvalue weighted by Gasteiger charge is -2.37. The lowest BCUT2D eigenvalue weighted by molar-refractivity contribution is -0.137. The molecule has 0 N–H and O–H groups in total. The summed E-state index contributed by atoms with van der Waals surface area (Å²) in [5.74, 6) is 0.320. The second-order valence-corrected chi connectivity index (χ2v) is 5.41. The molecule has 0 aliphatic carbocycles. The summed E-state index contributed by atoms with van der Waals surface area (Å²) in [6.07, 6.45) is 3.28. The van der Waals surface area contributed by atoms with E-state index in [0.29, 0.717) is 13.0 Å². The largest absolute Gasteiger partial charge is 0.381 e. The predicted octanol–water partition coefficient (Wildman–Crippen LogP) is 1.02. The van der Waals surface area contributed by atoms with Crippen LogP contribution in [0.3, 0.4) is 0 Å².